The van der Waals surface area contributed by atoms with Crippen molar-refractivity contribution >= 4 is 49.4 Å². The predicted octanol–water partition coefficient (Wildman–Crippen LogP) is 6.20. The molecular formula is C36H30F7N9O2S. The first-order chi connectivity index (χ1) is 25.9. The molecule has 286 valence electrons. The van der Waals surface area contributed by atoms with Crippen LogP contribution in [0.2, 0.25) is 0 Å². The number of nitrogens with zero attached hydrogens (tertiary/aromatic N) is 7. The third kappa shape index (κ3) is 5.85. The van der Waals surface area contributed by atoms with E-state index in [1.54, 1.807) is 42.9 Å². The van der Waals surface area contributed by atoms with E-state index in [4.69, 9.17) is 10.7 Å². The molecule has 2 aromatic carbocycles. The molecule has 5 heterocycles. The average Bonchev–Trinajstić information content (AvgIpc) is 3.36. The number of amides is 1. The molecule has 3 atom stereocenters. The van der Waals surface area contributed by atoms with Crippen molar-refractivity contribution in [2.24, 2.45) is 13.0 Å². The second kappa shape index (κ2) is 11.8. The Morgan fingerprint density at radius 2 is 1.82 bits per heavy atom. The summed E-state index contributed by atoms with van der Waals surface area (Å²) in [4.78, 5) is 25.3. The first-order valence-corrected chi connectivity index (χ1v) is 18.0. The van der Waals surface area contributed by atoms with Gasteiger partial charge in [0.05, 0.1) is 40.6 Å². The lowest BCUT2D eigenvalue weighted by molar-refractivity contribution is -0.142. The van der Waals surface area contributed by atoms with Crippen molar-refractivity contribution in [3.8, 4) is 11.1 Å². The Balaban J connectivity index is 1.18. The summed E-state index contributed by atoms with van der Waals surface area (Å²) in [6, 6.07) is 8.59. The molecule has 11 nitrogen and oxygen atoms in total. The van der Waals surface area contributed by atoms with Crippen molar-refractivity contribution in [1.29, 1.82) is 0 Å². The molecule has 19 heteroatoms. The zero-order valence-electron chi connectivity index (χ0n) is 28.9. The number of nitrogen functional groups attached to an aromatic ring is 1. The highest BCUT2D eigenvalue weighted by Crippen LogP contribution is 2.68. The number of hydrogen-bond acceptors (Lipinski definition) is 9. The highest BCUT2D eigenvalue weighted by atomic mass is 32.1. The standard InChI is InChI=1S/C36H30F7N9O2S/c1-34(54)13-51(14-34)33-47-32-24(55-33)11-20(18-4-3-5-19-28(18)50(2)49-31(19)44)27(46-32)23(8-15-6-16(37)9-17(38)7-15)45-25(53)12-52-30-26(29(48-52)36(41,42)43)21-10-22(21)35(30,39)40/h3-7,9,11,21-23,54H,8,10,12-14H2,1-2H3,(H2,44,49)(H,45,53)/t21-,22?,23-/m0/s1. The summed E-state index contributed by atoms with van der Waals surface area (Å²) < 4.78 is 105. The maximum Gasteiger partial charge on any atom is 0.435 e. The van der Waals surface area contributed by atoms with E-state index < -0.39 is 76.6 Å². The van der Waals surface area contributed by atoms with E-state index >= 15 is 8.78 Å². The van der Waals surface area contributed by atoms with Crippen LogP contribution in [0.4, 0.5) is 41.7 Å². The summed E-state index contributed by atoms with van der Waals surface area (Å²) >= 11 is 1.30. The molecule has 55 heavy (non-hydrogen) atoms. The van der Waals surface area contributed by atoms with Crippen molar-refractivity contribution in [3.05, 3.63) is 82.3 Å². The molecule has 1 amide bonds. The summed E-state index contributed by atoms with van der Waals surface area (Å²) in [7, 11) is 1.68. The molecular weight excluding hydrogens is 756 g/mol. The molecule has 0 radical (unpaired) electrons. The van der Waals surface area contributed by atoms with Crippen molar-refractivity contribution in [2.45, 2.75) is 56.0 Å². The maximum absolute atomic E-state index is 15.4. The van der Waals surface area contributed by atoms with Gasteiger partial charge in [-0.3, -0.25) is 14.2 Å². The summed E-state index contributed by atoms with van der Waals surface area (Å²) in [5, 5.41) is 22.1. The molecule has 4 N–H and O–H groups in total. The minimum atomic E-state index is -5.04. The monoisotopic (exact) mass is 785 g/mol. The van der Waals surface area contributed by atoms with Crippen LogP contribution in [-0.2, 0) is 36.9 Å². The van der Waals surface area contributed by atoms with Crippen molar-refractivity contribution in [2.75, 3.05) is 23.7 Å². The number of thiazole rings is 1. The highest BCUT2D eigenvalue weighted by Gasteiger charge is 2.68. The van der Waals surface area contributed by atoms with E-state index in [2.05, 4.69) is 20.5 Å². The Morgan fingerprint density at radius 1 is 1.09 bits per heavy atom. The lowest BCUT2D eigenvalue weighted by atomic mass is 9.94. The smallest absolute Gasteiger partial charge is 0.386 e. The molecule has 1 unspecified atom stereocenters. The molecule has 0 bridgehead atoms. The fraction of sp³-hybridized carbons (Fsp3) is 0.361. The number of pyridine rings is 1. The number of alkyl halides is 5. The number of aromatic nitrogens is 6. The van der Waals surface area contributed by atoms with Gasteiger partial charge < -0.3 is 21.1 Å². The van der Waals surface area contributed by atoms with E-state index in [-0.39, 0.29) is 35.6 Å². The summed E-state index contributed by atoms with van der Waals surface area (Å²) in [6.07, 6.45) is -5.44. The van der Waals surface area contributed by atoms with Gasteiger partial charge in [0.15, 0.2) is 22.3 Å². The zero-order valence-corrected chi connectivity index (χ0v) is 29.7. The Bertz CT molecular complexity index is 2550. The van der Waals surface area contributed by atoms with Gasteiger partial charge >= 0.3 is 6.18 Å². The van der Waals surface area contributed by atoms with Crippen LogP contribution in [-0.4, -0.2) is 59.2 Å². The minimum absolute atomic E-state index is 0.0892. The van der Waals surface area contributed by atoms with Crippen molar-refractivity contribution in [1.82, 2.24) is 34.8 Å². The van der Waals surface area contributed by atoms with Gasteiger partial charge in [0.25, 0.3) is 5.92 Å². The molecule has 1 saturated heterocycles. The van der Waals surface area contributed by atoms with Crippen LogP contribution in [0.15, 0.2) is 42.5 Å². The first-order valence-electron chi connectivity index (χ1n) is 17.2. The molecule has 2 fully saturated rings. The van der Waals surface area contributed by atoms with Gasteiger partial charge in [-0.05, 0) is 55.5 Å². The van der Waals surface area contributed by atoms with Crippen LogP contribution >= 0.6 is 11.3 Å². The first kappa shape index (κ1) is 35.4. The van der Waals surface area contributed by atoms with E-state index in [1.165, 1.54) is 11.3 Å². The Morgan fingerprint density at radius 3 is 2.51 bits per heavy atom. The number of aryl methyl sites for hydroxylation is 1. The maximum atomic E-state index is 15.4. The summed E-state index contributed by atoms with van der Waals surface area (Å²) in [5.74, 6) is -8.53. The molecule has 3 aliphatic rings. The van der Waals surface area contributed by atoms with E-state index in [0.717, 1.165) is 12.1 Å². The van der Waals surface area contributed by atoms with Crippen LogP contribution in [0.3, 0.4) is 0 Å². The van der Waals surface area contributed by atoms with Crippen LogP contribution in [0.1, 0.15) is 53.5 Å². The topological polar surface area (TPSA) is 140 Å². The van der Waals surface area contributed by atoms with Crippen molar-refractivity contribution < 1.29 is 40.6 Å². The second-order valence-electron chi connectivity index (χ2n) is 14.7. The van der Waals surface area contributed by atoms with E-state index in [0.29, 0.717) is 55.7 Å². The van der Waals surface area contributed by atoms with Gasteiger partial charge in [0, 0.05) is 41.1 Å². The zero-order chi connectivity index (χ0) is 38.9. The van der Waals surface area contributed by atoms with Crippen LogP contribution in [0, 0.1) is 17.6 Å². The quantitative estimate of drug-likeness (QED) is 0.155. The number of rotatable bonds is 8. The van der Waals surface area contributed by atoms with Crippen molar-refractivity contribution in [3.63, 3.8) is 0 Å². The SMILES string of the molecule is Cn1nc(N)c2cccc(-c3cc4sc(N5CC(C)(O)C5)nc4nc3[C@H](Cc3cc(F)cc(F)c3)NC(=O)Cn3nc(C(F)(F)F)c4c3C(F)(F)C3C[C@H]43)c21. The molecule has 0 spiro atoms. The summed E-state index contributed by atoms with van der Waals surface area (Å²) in [6.45, 7) is 1.32. The third-order valence-corrected chi connectivity index (χ3v) is 11.5. The van der Waals surface area contributed by atoms with Gasteiger partial charge in [-0.1, -0.05) is 23.5 Å². The predicted molar refractivity (Wildman–Crippen MR) is 187 cm³/mol. The van der Waals surface area contributed by atoms with Gasteiger partial charge in [-0.15, -0.1) is 0 Å². The van der Waals surface area contributed by atoms with Crippen LogP contribution in [0.25, 0.3) is 32.4 Å². The second-order valence-corrected chi connectivity index (χ2v) is 15.8. The number of aliphatic hydroxyl groups is 1. The number of halogens is 7. The number of nitrogens with one attached hydrogen (secondary N) is 1. The van der Waals surface area contributed by atoms with Gasteiger partial charge in [-0.25, -0.2) is 13.8 Å². The number of fused-ring (bicyclic) bond motifs is 5. The molecule has 1 saturated carbocycles. The number of para-hydroxylation sites is 1. The third-order valence-electron chi connectivity index (χ3n) is 10.4. The van der Waals surface area contributed by atoms with E-state index in [9.17, 15) is 31.9 Å². The molecule has 9 rings (SSSR count). The molecule has 6 aromatic rings. The lowest BCUT2D eigenvalue weighted by Gasteiger charge is -2.43. The number of carbonyl (C=O) groups is 1. The number of nitrogens with two attached hydrogens (primary N) is 1. The molecule has 1 aliphatic heterocycles. The van der Waals surface area contributed by atoms with Gasteiger partial charge in [0.1, 0.15) is 23.9 Å². The van der Waals surface area contributed by atoms with Gasteiger partial charge in [0.2, 0.25) is 5.91 Å². The fourth-order valence-corrected chi connectivity index (χ4v) is 9.07. The van der Waals surface area contributed by atoms with E-state index in [1.807, 2.05) is 4.90 Å². The average molecular weight is 786 g/mol. The number of anilines is 2. The largest absolute Gasteiger partial charge is 0.435 e. The Hall–Kier alpha value is -5.30. The highest BCUT2D eigenvalue weighted by molar-refractivity contribution is 7.22. The van der Waals surface area contributed by atoms with Gasteiger partial charge in [-0.2, -0.15) is 37.1 Å². The fourth-order valence-electron chi connectivity index (χ4n) is 8.12. The molecule has 4 aromatic heterocycles. The number of carbonyl (C=O) groups excluding carboxylic acids is 1. The Labute approximate surface area is 310 Å². The number of hydrogen-bond donors (Lipinski definition) is 3. The number of β-amino-alcohol motifs (C(OH)–C–C–N with tert-alkyl or cyclic N) is 1. The van der Waals surface area contributed by atoms with Crippen LogP contribution in [0.5, 0.6) is 0 Å². The normalized spacial score (nSPS) is 20.1. The Kier molecular flexibility index (Phi) is 7.63. The lowest BCUT2D eigenvalue weighted by Crippen LogP contribution is -2.60. The van der Waals surface area contributed by atoms with Crippen LogP contribution < -0.4 is 16.0 Å². The molecule has 2 aliphatic carbocycles. The minimum Gasteiger partial charge on any atom is -0.386 e. The number of benzene rings is 2. The summed E-state index contributed by atoms with van der Waals surface area (Å²) in [5.41, 5.74) is 4.37.